The van der Waals surface area contributed by atoms with E-state index < -0.39 is 0 Å². The average Bonchev–Trinajstić information content (AvgIpc) is 3.12. The molecule has 0 spiro atoms. The molecular weight excluding hydrogens is 492 g/mol. The number of esters is 1. The van der Waals surface area contributed by atoms with E-state index in [0.29, 0.717) is 23.3 Å². The van der Waals surface area contributed by atoms with E-state index in [2.05, 4.69) is 55.4 Å². The number of carbonyl (C=O) groups excluding carboxylic acids is 1. The summed E-state index contributed by atoms with van der Waals surface area (Å²) >= 11 is 0. The Morgan fingerprint density at radius 3 is 2.33 bits per heavy atom. The van der Waals surface area contributed by atoms with Crippen LogP contribution in [0.1, 0.15) is 130 Å². The van der Waals surface area contributed by atoms with Gasteiger partial charge in [0, 0.05) is 10.8 Å². The molecule has 0 aliphatic heterocycles. The third-order valence-corrected chi connectivity index (χ3v) is 13.2. The van der Waals surface area contributed by atoms with Crippen LogP contribution in [0.4, 0.5) is 0 Å². The fourth-order valence-corrected chi connectivity index (χ4v) is 10.6. The summed E-state index contributed by atoms with van der Waals surface area (Å²) in [4.78, 5) is 13.0. The molecule has 0 heterocycles. The highest BCUT2D eigenvalue weighted by molar-refractivity contribution is 5.89. The summed E-state index contributed by atoms with van der Waals surface area (Å²) in [5, 5.41) is 11.9. The van der Waals surface area contributed by atoms with Crippen LogP contribution >= 0.6 is 0 Å². The molecule has 222 valence electrons. The lowest BCUT2D eigenvalue weighted by atomic mass is 9.43. The van der Waals surface area contributed by atoms with Crippen LogP contribution in [0.5, 0.6) is 0 Å². The molecule has 2 fully saturated rings. The van der Waals surface area contributed by atoms with Gasteiger partial charge >= 0.3 is 5.97 Å². The van der Waals surface area contributed by atoms with Crippen LogP contribution in [0.3, 0.4) is 0 Å². The fraction of sp³-hybridized carbons (Fsp3) is 0.757. The van der Waals surface area contributed by atoms with Gasteiger partial charge in [0.15, 0.2) is 0 Å². The SMILES string of the molecule is CC(C)CCC[C@@H](C)[C@H]1C[C@H](O)[C@@]2(C)C3=C(CC[C@]12C)[C@@]1(C)CC[C@H](OC(=O)c2ccccc2)C(C)(C)[C@@H]1CC3. The Morgan fingerprint density at radius 1 is 0.950 bits per heavy atom. The molecular formula is C37H56O3. The minimum Gasteiger partial charge on any atom is -0.458 e. The van der Waals surface area contributed by atoms with E-state index in [9.17, 15) is 9.90 Å². The Labute approximate surface area is 244 Å². The molecule has 3 nitrogen and oxygen atoms in total. The van der Waals surface area contributed by atoms with Crippen molar-refractivity contribution in [2.45, 2.75) is 132 Å². The predicted molar refractivity (Wildman–Crippen MR) is 164 cm³/mol. The van der Waals surface area contributed by atoms with Crippen molar-refractivity contribution in [1.29, 1.82) is 0 Å². The maximum atomic E-state index is 13.0. The number of fused-ring (bicyclic) bond motifs is 4. The number of hydrogen-bond acceptors (Lipinski definition) is 3. The molecule has 0 bridgehead atoms. The van der Waals surface area contributed by atoms with Crippen molar-refractivity contribution in [2.24, 2.45) is 45.3 Å². The molecule has 1 aromatic carbocycles. The van der Waals surface area contributed by atoms with Gasteiger partial charge in [-0.25, -0.2) is 4.79 Å². The molecule has 0 amide bonds. The molecule has 5 rings (SSSR count). The molecule has 8 atom stereocenters. The second kappa shape index (κ2) is 10.6. The quantitative estimate of drug-likeness (QED) is 0.273. The van der Waals surface area contributed by atoms with Gasteiger partial charge in [0.05, 0.1) is 11.7 Å². The molecule has 0 saturated heterocycles. The molecule has 4 aliphatic carbocycles. The highest BCUT2D eigenvalue weighted by Crippen LogP contribution is 2.72. The minimum atomic E-state index is -0.253. The van der Waals surface area contributed by atoms with E-state index >= 15 is 0 Å². The molecule has 3 heteroatoms. The van der Waals surface area contributed by atoms with Gasteiger partial charge in [0.1, 0.15) is 6.10 Å². The van der Waals surface area contributed by atoms with E-state index in [4.69, 9.17) is 4.74 Å². The molecule has 0 unspecified atom stereocenters. The highest BCUT2D eigenvalue weighted by atomic mass is 16.5. The summed E-state index contributed by atoms with van der Waals surface area (Å²) in [5.74, 6) is 2.29. The van der Waals surface area contributed by atoms with Crippen molar-refractivity contribution in [3.8, 4) is 0 Å². The zero-order chi connectivity index (χ0) is 29.1. The van der Waals surface area contributed by atoms with Crippen molar-refractivity contribution in [3.63, 3.8) is 0 Å². The molecule has 4 aliphatic rings. The predicted octanol–water partition coefficient (Wildman–Crippen LogP) is 9.39. The third kappa shape index (κ3) is 4.52. The smallest absolute Gasteiger partial charge is 0.338 e. The average molecular weight is 549 g/mol. The second-order valence-corrected chi connectivity index (χ2v) is 15.9. The van der Waals surface area contributed by atoms with Crippen LogP contribution in [-0.2, 0) is 4.74 Å². The van der Waals surface area contributed by atoms with E-state index in [1.54, 1.807) is 11.1 Å². The van der Waals surface area contributed by atoms with Crippen LogP contribution in [0.2, 0.25) is 0 Å². The Kier molecular flexibility index (Phi) is 7.90. The summed E-state index contributed by atoms with van der Waals surface area (Å²) in [7, 11) is 0. The van der Waals surface area contributed by atoms with Gasteiger partial charge in [0.25, 0.3) is 0 Å². The summed E-state index contributed by atoms with van der Waals surface area (Å²) in [6.07, 6.45) is 11.0. The van der Waals surface area contributed by atoms with Gasteiger partial charge in [-0.15, -0.1) is 0 Å². The summed E-state index contributed by atoms with van der Waals surface area (Å²) in [5.41, 5.74) is 3.95. The second-order valence-electron chi connectivity index (χ2n) is 15.9. The third-order valence-electron chi connectivity index (χ3n) is 13.2. The number of rotatable bonds is 7. The van der Waals surface area contributed by atoms with Crippen molar-refractivity contribution in [2.75, 3.05) is 0 Å². The van der Waals surface area contributed by atoms with E-state index in [0.717, 1.165) is 38.0 Å². The lowest BCUT2D eigenvalue weighted by Crippen LogP contribution is -2.56. The molecule has 40 heavy (non-hydrogen) atoms. The first-order chi connectivity index (χ1) is 18.8. The molecule has 0 aromatic heterocycles. The molecule has 1 aromatic rings. The zero-order valence-corrected chi connectivity index (χ0v) is 26.7. The zero-order valence-electron chi connectivity index (χ0n) is 26.7. The summed E-state index contributed by atoms with van der Waals surface area (Å²) in [6.45, 7) is 19.3. The number of benzene rings is 1. The lowest BCUT2D eigenvalue weighted by Gasteiger charge is -2.62. The van der Waals surface area contributed by atoms with Gasteiger partial charge in [-0.3, -0.25) is 0 Å². The number of allylic oxidation sites excluding steroid dienone is 1. The maximum absolute atomic E-state index is 13.0. The number of aliphatic hydroxyl groups excluding tert-OH is 1. The Balaban J connectivity index is 1.40. The molecule has 2 saturated carbocycles. The largest absolute Gasteiger partial charge is 0.458 e. The van der Waals surface area contributed by atoms with Crippen molar-refractivity contribution in [3.05, 3.63) is 47.0 Å². The summed E-state index contributed by atoms with van der Waals surface area (Å²) < 4.78 is 6.24. The lowest BCUT2D eigenvalue weighted by molar-refractivity contribution is -0.107. The van der Waals surface area contributed by atoms with Crippen LogP contribution in [0.15, 0.2) is 41.5 Å². The van der Waals surface area contributed by atoms with E-state index in [1.165, 1.54) is 32.1 Å². The van der Waals surface area contributed by atoms with Gasteiger partial charge in [-0.1, -0.05) is 104 Å². The fourth-order valence-electron chi connectivity index (χ4n) is 10.6. The number of hydrogen-bond donors (Lipinski definition) is 1. The molecule has 0 radical (unpaired) electrons. The number of aliphatic hydroxyl groups is 1. The molecule has 1 N–H and O–H groups in total. The van der Waals surface area contributed by atoms with Crippen molar-refractivity contribution >= 4 is 5.97 Å². The Morgan fingerprint density at radius 2 is 1.65 bits per heavy atom. The van der Waals surface area contributed by atoms with Crippen molar-refractivity contribution in [1.82, 2.24) is 0 Å². The van der Waals surface area contributed by atoms with Crippen molar-refractivity contribution < 1.29 is 14.6 Å². The number of carbonyl (C=O) groups is 1. The monoisotopic (exact) mass is 548 g/mol. The number of ether oxygens (including phenoxy) is 1. The summed E-state index contributed by atoms with van der Waals surface area (Å²) in [6, 6.07) is 9.45. The first-order valence-corrected chi connectivity index (χ1v) is 16.4. The van der Waals surface area contributed by atoms with Gasteiger partial charge in [-0.2, -0.15) is 0 Å². The van der Waals surface area contributed by atoms with Gasteiger partial charge in [-0.05, 0) is 91.6 Å². The van der Waals surface area contributed by atoms with Crippen LogP contribution in [-0.4, -0.2) is 23.3 Å². The minimum absolute atomic E-state index is 0.0713. The normalized spacial score (nSPS) is 39.4. The highest BCUT2D eigenvalue weighted by Gasteiger charge is 2.66. The van der Waals surface area contributed by atoms with Crippen LogP contribution in [0, 0.1) is 45.3 Å². The van der Waals surface area contributed by atoms with Crippen LogP contribution in [0.25, 0.3) is 0 Å². The first-order valence-electron chi connectivity index (χ1n) is 16.4. The van der Waals surface area contributed by atoms with Gasteiger partial charge < -0.3 is 9.84 Å². The standard InChI is InChI=1S/C37H56O3/c1-24(2)13-12-14-25(3)29-23-31(38)37(8)28-17-18-30-34(4,5)32(40-33(39)26-15-10-9-11-16-26)20-21-35(30,6)27(28)19-22-36(29,37)7/h9-11,15-16,24-25,29-32,38H,12-14,17-23H2,1-8H3/t25-,29-,30+,31+,32+,35-,36-,37-/m1/s1. The Hall–Kier alpha value is -1.61. The van der Waals surface area contributed by atoms with E-state index in [1.807, 2.05) is 30.3 Å². The van der Waals surface area contributed by atoms with E-state index in [-0.39, 0.29) is 39.8 Å². The topological polar surface area (TPSA) is 46.5 Å². The maximum Gasteiger partial charge on any atom is 0.338 e. The first kappa shape index (κ1) is 29.9. The van der Waals surface area contributed by atoms with Gasteiger partial charge in [0.2, 0.25) is 0 Å². The van der Waals surface area contributed by atoms with Crippen LogP contribution < -0.4 is 0 Å². The Bertz CT molecular complexity index is 1120.